The summed E-state index contributed by atoms with van der Waals surface area (Å²) in [4.78, 5) is 29.7. The molecule has 2 aromatic heterocycles. The van der Waals surface area contributed by atoms with Crippen molar-refractivity contribution >= 4 is 49.9 Å². The van der Waals surface area contributed by atoms with E-state index >= 15 is 0 Å². The molecule has 2 heterocycles. The van der Waals surface area contributed by atoms with Gasteiger partial charge in [-0.25, -0.2) is 22.8 Å². The lowest BCUT2D eigenvalue weighted by Crippen LogP contribution is -2.23. The van der Waals surface area contributed by atoms with Crippen LogP contribution in [-0.2, 0) is 10.0 Å². The van der Waals surface area contributed by atoms with Crippen molar-refractivity contribution in [1.82, 2.24) is 19.3 Å². The number of fused-ring (bicyclic) bond motifs is 1. The summed E-state index contributed by atoms with van der Waals surface area (Å²) in [5.41, 5.74) is 1.71. The number of aromatic nitrogens is 4. The van der Waals surface area contributed by atoms with Gasteiger partial charge in [0, 0.05) is 23.5 Å². The molecule has 0 bridgehead atoms. The molecule has 0 fully saturated rings. The third-order valence-electron chi connectivity index (χ3n) is 6.50. The van der Waals surface area contributed by atoms with Gasteiger partial charge in [-0.3, -0.25) is 14.9 Å². The molecule has 13 nitrogen and oxygen atoms in total. The average Bonchev–Trinajstić information content (AvgIpc) is 3.36. The average molecular weight is 595 g/mol. The largest absolute Gasteiger partial charge is 0.338 e. The van der Waals surface area contributed by atoms with Crippen LogP contribution >= 0.6 is 0 Å². The highest BCUT2D eigenvalue weighted by Crippen LogP contribution is 2.29. The van der Waals surface area contributed by atoms with Crippen molar-refractivity contribution in [2.24, 2.45) is 5.14 Å². The smallest absolute Gasteiger partial charge is 0.272 e. The van der Waals surface area contributed by atoms with E-state index in [4.69, 9.17) is 10.1 Å². The van der Waals surface area contributed by atoms with E-state index in [0.29, 0.717) is 22.7 Å². The number of primary sulfonamides is 1. The van der Waals surface area contributed by atoms with Crippen molar-refractivity contribution in [3.8, 4) is 11.4 Å². The first-order valence-corrected chi connectivity index (χ1v) is 14.3. The minimum absolute atomic E-state index is 0.0947. The molecule has 0 saturated carbocycles. The van der Waals surface area contributed by atoms with Gasteiger partial charge in [0.05, 0.1) is 21.2 Å². The number of nitrogens with one attached hydrogen (secondary N) is 2. The van der Waals surface area contributed by atoms with Gasteiger partial charge in [-0.05, 0) is 60.7 Å². The van der Waals surface area contributed by atoms with Crippen LogP contribution in [0.2, 0.25) is 0 Å². The van der Waals surface area contributed by atoms with Gasteiger partial charge in [0.25, 0.3) is 11.2 Å². The monoisotopic (exact) mass is 594 g/mol. The number of non-ortho nitro benzene ring substituents is 1. The van der Waals surface area contributed by atoms with Crippen molar-refractivity contribution in [2.45, 2.75) is 4.90 Å². The van der Waals surface area contributed by atoms with E-state index in [2.05, 4.69) is 15.7 Å². The highest BCUT2D eigenvalue weighted by molar-refractivity contribution is 7.89. The maximum atomic E-state index is 14.3. The van der Waals surface area contributed by atoms with Gasteiger partial charge in [-0.1, -0.05) is 36.4 Å². The SMILES string of the molecule is NS(=O)(=O)c1ccc(-n2nc(Nc3ccc([N+](=O)[O-])cc3)c3c(=O)n(-c4ccccc4)c(Nc4ccccc4)nc32)cc1. The van der Waals surface area contributed by atoms with Crippen LogP contribution in [0.15, 0.2) is 119 Å². The quantitative estimate of drug-likeness (QED) is 0.167. The maximum Gasteiger partial charge on any atom is 0.272 e. The van der Waals surface area contributed by atoms with Crippen LogP contribution in [0.3, 0.4) is 0 Å². The fraction of sp³-hybridized carbons (Fsp3) is 0. The first kappa shape index (κ1) is 27.3. The lowest BCUT2D eigenvalue weighted by molar-refractivity contribution is -0.384. The Morgan fingerprint density at radius 2 is 1.37 bits per heavy atom. The number of para-hydroxylation sites is 2. The summed E-state index contributed by atoms with van der Waals surface area (Å²) in [5.74, 6) is 0.340. The summed E-state index contributed by atoms with van der Waals surface area (Å²) >= 11 is 0. The molecule has 0 aliphatic rings. The summed E-state index contributed by atoms with van der Waals surface area (Å²) in [6.07, 6.45) is 0. The number of sulfonamides is 1. The molecule has 14 heteroatoms. The number of nitrogens with zero attached hydrogens (tertiary/aromatic N) is 5. The van der Waals surface area contributed by atoms with Crippen LogP contribution < -0.4 is 21.3 Å². The lowest BCUT2D eigenvalue weighted by Gasteiger charge is -2.15. The topological polar surface area (TPSA) is 180 Å². The number of rotatable bonds is 8. The van der Waals surface area contributed by atoms with Gasteiger partial charge in [0.1, 0.15) is 5.39 Å². The van der Waals surface area contributed by atoms with Gasteiger partial charge in [-0.15, -0.1) is 5.10 Å². The Hall–Kier alpha value is -5.86. The van der Waals surface area contributed by atoms with Crippen LogP contribution in [0.4, 0.5) is 28.8 Å². The number of nitro benzene ring substituents is 1. The van der Waals surface area contributed by atoms with Crippen LogP contribution in [0.5, 0.6) is 0 Å². The number of nitrogens with two attached hydrogens (primary N) is 1. The number of hydrogen-bond acceptors (Lipinski definition) is 9. The van der Waals surface area contributed by atoms with Crippen LogP contribution in [0.25, 0.3) is 22.4 Å². The van der Waals surface area contributed by atoms with E-state index in [1.807, 2.05) is 36.4 Å². The molecule has 43 heavy (non-hydrogen) atoms. The fourth-order valence-electron chi connectivity index (χ4n) is 4.47. The van der Waals surface area contributed by atoms with Gasteiger partial charge < -0.3 is 10.6 Å². The van der Waals surface area contributed by atoms with Crippen molar-refractivity contribution in [1.29, 1.82) is 0 Å². The highest BCUT2D eigenvalue weighted by Gasteiger charge is 2.23. The van der Waals surface area contributed by atoms with Gasteiger partial charge in [-0.2, -0.15) is 4.98 Å². The molecule has 0 unspecified atom stereocenters. The molecule has 214 valence electrons. The lowest BCUT2D eigenvalue weighted by atomic mass is 10.2. The third-order valence-corrected chi connectivity index (χ3v) is 7.43. The molecule has 0 amide bonds. The molecule has 0 aliphatic heterocycles. The first-order valence-electron chi connectivity index (χ1n) is 12.8. The first-order chi connectivity index (χ1) is 20.7. The predicted molar refractivity (Wildman–Crippen MR) is 162 cm³/mol. The van der Waals surface area contributed by atoms with E-state index in [1.165, 1.54) is 57.8 Å². The van der Waals surface area contributed by atoms with E-state index < -0.39 is 20.5 Å². The Balaban J connectivity index is 1.60. The van der Waals surface area contributed by atoms with Gasteiger partial charge >= 0.3 is 0 Å². The molecular formula is C29H22N8O5S. The molecule has 0 aliphatic carbocycles. The Morgan fingerprint density at radius 3 is 1.98 bits per heavy atom. The third kappa shape index (κ3) is 5.42. The fourth-order valence-corrected chi connectivity index (χ4v) is 4.98. The van der Waals surface area contributed by atoms with Crippen LogP contribution in [0, 0.1) is 10.1 Å². The zero-order valence-corrected chi connectivity index (χ0v) is 23.0. The predicted octanol–water partition coefficient (Wildman–Crippen LogP) is 4.61. The number of nitro groups is 1. The Labute approximate surface area is 244 Å². The van der Waals surface area contributed by atoms with Crippen molar-refractivity contribution in [2.75, 3.05) is 10.6 Å². The van der Waals surface area contributed by atoms with E-state index in [0.717, 1.165) is 0 Å². The summed E-state index contributed by atoms with van der Waals surface area (Å²) in [6.45, 7) is 0. The van der Waals surface area contributed by atoms with E-state index in [-0.39, 0.29) is 33.4 Å². The zero-order valence-electron chi connectivity index (χ0n) is 22.2. The minimum atomic E-state index is -3.94. The second-order valence-corrected chi connectivity index (χ2v) is 10.9. The second-order valence-electron chi connectivity index (χ2n) is 9.33. The summed E-state index contributed by atoms with van der Waals surface area (Å²) in [5, 5.41) is 27.5. The maximum absolute atomic E-state index is 14.3. The number of anilines is 4. The Bertz CT molecular complexity index is 2130. The Morgan fingerprint density at radius 1 is 0.767 bits per heavy atom. The van der Waals surface area contributed by atoms with Crippen LogP contribution in [0.1, 0.15) is 0 Å². The number of benzene rings is 4. The Kier molecular flexibility index (Phi) is 6.89. The van der Waals surface area contributed by atoms with Crippen molar-refractivity contribution < 1.29 is 13.3 Å². The van der Waals surface area contributed by atoms with Crippen molar-refractivity contribution in [3.63, 3.8) is 0 Å². The van der Waals surface area contributed by atoms with Gasteiger partial charge in [0.2, 0.25) is 16.0 Å². The molecule has 6 aromatic rings. The molecular weight excluding hydrogens is 572 g/mol. The summed E-state index contributed by atoms with van der Waals surface area (Å²) in [7, 11) is -3.94. The molecule has 4 N–H and O–H groups in total. The zero-order chi connectivity index (χ0) is 30.1. The summed E-state index contributed by atoms with van der Waals surface area (Å²) in [6, 6.07) is 29.5. The molecule has 0 atom stereocenters. The normalized spacial score (nSPS) is 11.4. The van der Waals surface area contributed by atoms with Crippen molar-refractivity contribution in [3.05, 3.63) is 130 Å². The molecule has 0 spiro atoms. The molecule has 0 radical (unpaired) electrons. The minimum Gasteiger partial charge on any atom is -0.338 e. The highest BCUT2D eigenvalue weighted by atomic mass is 32.2. The molecule has 6 rings (SSSR count). The van der Waals surface area contributed by atoms with E-state index in [1.54, 1.807) is 24.3 Å². The molecule has 4 aromatic carbocycles. The molecule has 0 saturated heterocycles. The van der Waals surface area contributed by atoms with E-state index in [9.17, 15) is 23.3 Å². The van der Waals surface area contributed by atoms with Gasteiger partial charge in [0.15, 0.2) is 11.5 Å². The second kappa shape index (κ2) is 10.8. The summed E-state index contributed by atoms with van der Waals surface area (Å²) < 4.78 is 26.5. The number of hydrogen-bond donors (Lipinski definition) is 3. The standard InChI is InChI=1S/C29H22N8O5S/c30-43(41,42)24-17-15-22(16-18-24)36-27-25(26(34-36)31-20-11-13-23(14-12-20)37(39)40)28(38)35(21-9-5-2-6-10-21)29(33-27)32-19-7-3-1-4-8-19/h1-18H,(H,31,34)(H,32,33)(H2,30,41,42). The van der Waals surface area contributed by atoms with Crippen LogP contribution in [-0.4, -0.2) is 32.7 Å².